The number of carbonyl (C=O) groups excluding carboxylic acids is 1. The molecule has 2 rings (SSSR count). The molecule has 0 spiro atoms. The Balaban J connectivity index is 2.05. The van der Waals surface area contributed by atoms with Crippen LogP contribution in [0.2, 0.25) is 0 Å². The second kappa shape index (κ2) is 6.23. The van der Waals surface area contributed by atoms with Gasteiger partial charge >= 0.3 is 5.91 Å². The largest absolute Gasteiger partial charge is 0.456 e. The molecule has 100 valence electrons. The Morgan fingerprint density at radius 2 is 2.37 bits per heavy atom. The number of hydrogen-bond donors (Lipinski definition) is 2. The van der Waals surface area contributed by atoms with E-state index >= 15 is 0 Å². The second-order valence-electron chi connectivity index (χ2n) is 3.77. The van der Waals surface area contributed by atoms with E-state index in [-0.39, 0.29) is 5.76 Å². The number of nitrogens with zero attached hydrogens (tertiary/aromatic N) is 1. The van der Waals surface area contributed by atoms with Gasteiger partial charge in [-0.2, -0.15) is 0 Å². The molecule has 0 fully saturated rings. The molecule has 1 amide bonds. The number of aromatic nitrogens is 1. The number of hydrogen-bond acceptors (Lipinski definition) is 5. The monoisotopic (exact) mass is 341 g/mol. The lowest BCUT2D eigenvalue weighted by Crippen LogP contribution is -2.29. The zero-order valence-electron chi connectivity index (χ0n) is 10.1. The third-order valence-corrected chi connectivity index (χ3v) is 3.91. The molecule has 0 bridgehead atoms. The van der Waals surface area contributed by atoms with Crippen molar-refractivity contribution in [1.29, 1.82) is 0 Å². The number of pyridine rings is 1. The third kappa shape index (κ3) is 3.59. The molecule has 0 aromatic carbocycles. The Labute approximate surface area is 123 Å². The second-order valence-corrected chi connectivity index (χ2v) is 5.68. The van der Waals surface area contributed by atoms with Gasteiger partial charge in [0.1, 0.15) is 5.76 Å². The van der Waals surface area contributed by atoms with Crippen molar-refractivity contribution in [3.05, 3.63) is 46.0 Å². The van der Waals surface area contributed by atoms with Crippen LogP contribution in [0.1, 0.15) is 21.9 Å². The first-order valence-corrected chi connectivity index (χ1v) is 7.22. The van der Waals surface area contributed by atoms with E-state index in [2.05, 4.69) is 20.9 Å². The summed E-state index contributed by atoms with van der Waals surface area (Å²) in [5.74, 6) is 6.25. The minimum absolute atomic E-state index is 0.222. The van der Waals surface area contributed by atoms with Gasteiger partial charge in [-0.15, -0.1) is 11.8 Å². The molecule has 19 heavy (non-hydrogen) atoms. The summed E-state index contributed by atoms with van der Waals surface area (Å²) in [6.45, 7) is 1.82. The topological polar surface area (TPSA) is 81.2 Å². The van der Waals surface area contributed by atoms with Crippen LogP contribution >= 0.6 is 27.7 Å². The number of nitrogen functional groups attached to an aromatic ring is 1. The number of amides is 1. The number of carbonyl (C=O) groups is 1. The fourth-order valence-corrected chi connectivity index (χ4v) is 2.56. The summed E-state index contributed by atoms with van der Waals surface area (Å²) in [5, 5.41) is 0.911. The van der Waals surface area contributed by atoms with E-state index in [4.69, 9.17) is 10.3 Å². The fourth-order valence-electron chi connectivity index (χ4n) is 1.45. The maximum Gasteiger partial charge on any atom is 0.300 e. The van der Waals surface area contributed by atoms with E-state index in [1.807, 2.05) is 24.5 Å². The van der Waals surface area contributed by atoms with Gasteiger partial charge in [0.25, 0.3) is 0 Å². The van der Waals surface area contributed by atoms with Crippen molar-refractivity contribution < 1.29 is 9.21 Å². The average Bonchev–Trinajstić information content (AvgIpc) is 2.79. The molecule has 0 atom stereocenters. The van der Waals surface area contributed by atoms with Crippen LogP contribution in [0.5, 0.6) is 0 Å². The maximum absolute atomic E-state index is 11.3. The molecule has 0 radical (unpaired) electrons. The van der Waals surface area contributed by atoms with E-state index in [1.165, 1.54) is 0 Å². The molecule has 0 aliphatic carbocycles. The fraction of sp³-hybridized carbons (Fsp3) is 0.167. The van der Waals surface area contributed by atoms with Crippen molar-refractivity contribution in [2.75, 3.05) is 0 Å². The molecule has 3 N–H and O–H groups in total. The van der Waals surface area contributed by atoms with E-state index in [0.717, 1.165) is 15.1 Å². The zero-order chi connectivity index (χ0) is 13.8. The molecule has 7 heteroatoms. The molecule has 0 unspecified atom stereocenters. The number of hydrazine groups is 1. The van der Waals surface area contributed by atoms with Crippen LogP contribution in [0, 0.1) is 6.92 Å². The first-order valence-electron chi connectivity index (χ1n) is 5.44. The number of nitrogens with two attached hydrogens (primary N) is 1. The van der Waals surface area contributed by atoms with Gasteiger partial charge < -0.3 is 4.42 Å². The molecule has 2 heterocycles. The van der Waals surface area contributed by atoms with Crippen molar-refractivity contribution in [2.24, 2.45) is 5.84 Å². The number of thioether (sulfide) groups is 1. The quantitative estimate of drug-likeness (QED) is 0.386. The van der Waals surface area contributed by atoms with Gasteiger partial charge in [0.15, 0.2) is 5.76 Å². The lowest BCUT2D eigenvalue weighted by molar-refractivity contribution is 0.0924. The average molecular weight is 342 g/mol. The molecule has 2 aromatic rings. The highest BCUT2D eigenvalue weighted by Gasteiger charge is 2.13. The van der Waals surface area contributed by atoms with Crippen molar-refractivity contribution in [1.82, 2.24) is 10.4 Å². The SMILES string of the molecule is Cc1oc(C(=O)NN)cc1CSc1ccc(Br)cn1. The Kier molecular flexibility index (Phi) is 4.62. The zero-order valence-corrected chi connectivity index (χ0v) is 12.5. The summed E-state index contributed by atoms with van der Waals surface area (Å²) in [5.41, 5.74) is 3.00. The van der Waals surface area contributed by atoms with Crippen molar-refractivity contribution in [3.8, 4) is 0 Å². The van der Waals surface area contributed by atoms with Crippen molar-refractivity contribution in [2.45, 2.75) is 17.7 Å². The highest BCUT2D eigenvalue weighted by Crippen LogP contribution is 2.25. The highest BCUT2D eigenvalue weighted by molar-refractivity contribution is 9.10. The summed E-state index contributed by atoms with van der Waals surface area (Å²) in [4.78, 5) is 15.6. The van der Waals surface area contributed by atoms with E-state index in [9.17, 15) is 4.79 Å². The molecule has 0 aliphatic heterocycles. The number of aryl methyl sites for hydroxylation is 1. The van der Waals surface area contributed by atoms with Crippen LogP contribution in [0.15, 0.2) is 38.3 Å². The van der Waals surface area contributed by atoms with E-state index < -0.39 is 5.91 Å². The van der Waals surface area contributed by atoms with Gasteiger partial charge in [-0.1, -0.05) is 0 Å². The van der Waals surface area contributed by atoms with Crippen molar-refractivity contribution >= 4 is 33.6 Å². The van der Waals surface area contributed by atoms with Crippen LogP contribution in [0.3, 0.4) is 0 Å². The Bertz CT molecular complexity index is 583. The summed E-state index contributed by atoms with van der Waals surface area (Å²) >= 11 is 4.91. The smallest absolute Gasteiger partial charge is 0.300 e. The molecule has 0 saturated carbocycles. The Hall–Kier alpha value is -1.31. The van der Waals surface area contributed by atoms with Gasteiger partial charge in [0, 0.05) is 22.0 Å². The molecular weight excluding hydrogens is 330 g/mol. The van der Waals surface area contributed by atoms with Gasteiger partial charge in [0.2, 0.25) is 0 Å². The number of nitrogens with one attached hydrogen (secondary N) is 1. The minimum atomic E-state index is -0.430. The van der Waals surface area contributed by atoms with Crippen LogP contribution in [0.4, 0.5) is 0 Å². The number of furan rings is 1. The lowest BCUT2D eigenvalue weighted by Gasteiger charge is -1.99. The molecule has 5 nitrogen and oxygen atoms in total. The van der Waals surface area contributed by atoms with Crippen molar-refractivity contribution in [3.63, 3.8) is 0 Å². The third-order valence-electron chi connectivity index (χ3n) is 2.45. The minimum Gasteiger partial charge on any atom is -0.456 e. The van der Waals surface area contributed by atoms with Gasteiger partial charge in [-0.25, -0.2) is 10.8 Å². The van der Waals surface area contributed by atoms with Crippen LogP contribution in [-0.4, -0.2) is 10.9 Å². The molecular formula is C12H12BrN3O2S. The maximum atomic E-state index is 11.3. The first-order chi connectivity index (χ1) is 9.10. The molecule has 0 saturated heterocycles. The highest BCUT2D eigenvalue weighted by atomic mass is 79.9. The number of halogens is 1. The van der Waals surface area contributed by atoms with Gasteiger partial charge in [-0.05, 0) is 41.1 Å². The summed E-state index contributed by atoms with van der Waals surface area (Å²) in [6.07, 6.45) is 1.75. The standard InChI is InChI=1S/C12H12BrN3O2S/c1-7-8(4-10(18-7)12(17)16-14)6-19-11-3-2-9(13)5-15-11/h2-5H,6,14H2,1H3,(H,16,17). The lowest BCUT2D eigenvalue weighted by atomic mass is 10.3. The van der Waals surface area contributed by atoms with Crippen LogP contribution < -0.4 is 11.3 Å². The van der Waals surface area contributed by atoms with Gasteiger partial charge in [0.05, 0.1) is 5.03 Å². The number of rotatable bonds is 4. The first kappa shape index (κ1) is 14.1. The predicted octanol–water partition coefficient (Wildman–Crippen LogP) is 2.64. The Morgan fingerprint density at radius 3 is 3.00 bits per heavy atom. The molecule has 2 aromatic heterocycles. The predicted molar refractivity (Wildman–Crippen MR) is 76.6 cm³/mol. The van der Waals surface area contributed by atoms with E-state index in [1.54, 1.807) is 24.0 Å². The van der Waals surface area contributed by atoms with Crippen LogP contribution in [-0.2, 0) is 5.75 Å². The van der Waals surface area contributed by atoms with Crippen LogP contribution in [0.25, 0.3) is 0 Å². The summed E-state index contributed by atoms with van der Waals surface area (Å²) in [6, 6.07) is 5.56. The van der Waals surface area contributed by atoms with Gasteiger partial charge in [-0.3, -0.25) is 10.2 Å². The normalized spacial score (nSPS) is 10.5. The Morgan fingerprint density at radius 1 is 1.58 bits per heavy atom. The summed E-state index contributed by atoms with van der Waals surface area (Å²) in [7, 11) is 0. The molecule has 0 aliphatic rings. The van der Waals surface area contributed by atoms with E-state index in [0.29, 0.717) is 11.5 Å². The summed E-state index contributed by atoms with van der Waals surface area (Å²) < 4.78 is 6.28.